The van der Waals surface area contributed by atoms with E-state index in [4.69, 9.17) is 0 Å². The molecule has 3 rings (SSSR count). The van der Waals surface area contributed by atoms with Crippen molar-refractivity contribution in [3.05, 3.63) is 99.5 Å². The van der Waals surface area contributed by atoms with E-state index in [0.29, 0.717) is 25.1 Å². The molecule has 0 aliphatic carbocycles. The van der Waals surface area contributed by atoms with Crippen LogP contribution in [0.25, 0.3) is 0 Å². The summed E-state index contributed by atoms with van der Waals surface area (Å²) in [5.74, 6) is -0.389. The number of halogens is 1. The van der Waals surface area contributed by atoms with E-state index in [0.717, 1.165) is 39.6 Å². The lowest BCUT2D eigenvalue weighted by Gasteiger charge is -2.32. The molecule has 0 radical (unpaired) electrons. The molecule has 0 saturated heterocycles. The minimum Gasteiger partial charge on any atom is -0.354 e. The highest BCUT2D eigenvalue weighted by Gasteiger charge is 2.30. The topological polar surface area (TPSA) is 86.8 Å². The molecule has 1 atom stereocenters. The van der Waals surface area contributed by atoms with Gasteiger partial charge in [0.1, 0.15) is 6.04 Å². The SMILES string of the molecule is CCCCNC(=O)[C@H](Cc1ccccc1)N(Cc1cccc(Br)c1)C(=O)CCCN(c1cc(C)ccc1C)S(C)(=O)=O. The molecule has 0 aliphatic heterocycles. The Morgan fingerprint density at radius 3 is 2.31 bits per heavy atom. The van der Waals surface area contributed by atoms with Gasteiger partial charge in [0.15, 0.2) is 0 Å². The van der Waals surface area contributed by atoms with Crippen LogP contribution in [0.15, 0.2) is 77.3 Å². The number of anilines is 1. The molecule has 226 valence electrons. The van der Waals surface area contributed by atoms with Crippen molar-refractivity contribution in [2.75, 3.05) is 23.7 Å². The van der Waals surface area contributed by atoms with Gasteiger partial charge >= 0.3 is 0 Å². The van der Waals surface area contributed by atoms with E-state index in [1.807, 2.05) is 86.6 Å². The van der Waals surface area contributed by atoms with Crippen molar-refractivity contribution >= 4 is 43.5 Å². The Labute approximate surface area is 259 Å². The number of hydrogen-bond acceptors (Lipinski definition) is 4. The minimum absolute atomic E-state index is 0.0957. The largest absolute Gasteiger partial charge is 0.354 e. The Morgan fingerprint density at radius 2 is 1.64 bits per heavy atom. The molecule has 0 bridgehead atoms. The molecule has 1 N–H and O–H groups in total. The molecule has 3 aromatic carbocycles. The maximum atomic E-state index is 14.0. The number of unbranched alkanes of at least 4 members (excludes halogenated alkanes) is 1. The molecule has 7 nitrogen and oxygen atoms in total. The van der Waals surface area contributed by atoms with Crippen molar-refractivity contribution in [3.63, 3.8) is 0 Å². The lowest BCUT2D eigenvalue weighted by Crippen LogP contribution is -2.50. The summed E-state index contributed by atoms with van der Waals surface area (Å²) in [4.78, 5) is 29.2. The van der Waals surface area contributed by atoms with Gasteiger partial charge < -0.3 is 10.2 Å². The summed E-state index contributed by atoms with van der Waals surface area (Å²) < 4.78 is 27.8. The molecule has 0 heterocycles. The van der Waals surface area contributed by atoms with Crippen LogP contribution in [0, 0.1) is 13.8 Å². The van der Waals surface area contributed by atoms with E-state index in [9.17, 15) is 18.0 Å². The predicted molar refractivity (Wildman–Crippen MR) is 174 cm³/mol. The Hall–Kier alpha value is -3.17. The first kappa shape index (κ1) is 33.3. The second kappa shape index (κ2) is 15.9. The summed E-state index contributed by atoms with van der Waals surface area (Å²) in [6, 6.07) is 22.4. The van der Waals surface area contributed by atoms with E-state index in [2.05, 4.69) is 28.2 Å². The van der Waals surface area contributed by atoms with E-state index in [1.54, 1.807) is 4.90 Å². The van der Waals surface area contributed by atoms with Crippen LogP contribution in [-0.4, -0.2) is 50.5 Å². The zero-order chi connectivity index (χ0) is 30.7. The monoisotopic (exact) mass is 655 g/mol. The summed E-state index contributed by atoms with van der Waals surface area (Å²) in [7, 11) is -3.57. The van der Waals surface area contributed by atoms with Crippen LogP contribution in [0.5, 0.6) is 0 Å². The van der Waals surface area contributed by atoms with Crippen molar-refractivity contribution in [2.45, 2.75) is 65.5 Å². The molecule has 0 aliphatic rings. The van der Waals surface area contributed by atoms with Gasteiger partial charge in [-0.1, -0.05) is 83.9 Å². The molecule has 0 unspecified atom stereocenters. The molecule has 0 spiro atoms. The van der Waals surface area contributed by atoms with Gasteiger partial charge in [-0.15, -0.1) is 0 Å². The van der Waals surface area contributed by atoms with Crippen molar-refractivity contribution in [1.29, 1.82) is 0 Å². The third-order valence-corrected chi connectivity index (χ3v) is 8.80. The number of nitrogens with zero attached hydrogens (tertiary/aromatic N) is 2. The number of hydrogen-bond donors (Lipinski definition) is 1. The molecule has 3 aromatic rings. The van der Waals surface area contributed by atoms with Gasteiger partial charge in [0, 0.05) is 36.9 Å². The molecule has 0 fully saturated rings. The van der Waals surface area contributed by atoms with Crippen LogP contribution in [0.1, 0.15) is 54.9 Å². The Kier molecular flexibility index (Phi) is 12.6. The summed E-state index contributed by atoms with van der Waals surface area (Å²) in [5.41, 5.74) is 4.27. The number of amides is 2. The minimum atomic E-state index is -3.57. The third kappa shape index (κ3) is 9.98. The number of benzene rings is 3. The summed E-state index contributed by atoms with van der Waals surface area (Å²) in [6.07, 6.45) is 3.76. The highest BCUT2D eigenvalue weighted by Crippen LogP contribution is 2.25. The fourth-order valence-corrected chi connectivity index (χ4v) is 6.32. The Balaban J connectivity index is 1.89. The Bertz CT molecular complexity index is 1450. The molecule has 9 heteroatoms. The van der Waals surface area contributed by atoms with Gasteiger partial charge in [-0.25, -0.2) is 8.42 Å². The fourth-order valence-electron chi connectivity index (χ4n) is 4.86. The number of nitrogens with one attached hydrogen (secondary N) is 1. The van der Waals surface area contributed by atoms with Gasteiger partial charge in [0.25, 0.3) is 0 Å². The van der Waals surface area contributed by atoms with Crippen molar-refractivity contribution < 1.29 is 18.0 Å². The van der Waals surface area contributed by atoms with Crippen molar-refractivity contribution in [3.8, 4) is 0 Å². The normalized spacial score (nSPS) is 12.0. The average Bonchev–Trinajstić information content (AvgIpc) is 2.94. The summed E-state index contributed by atoms with van der Waals surface area (Å²) in [5, 5.41) is 3.03. The van der Waals surface area contributed by atoms with Gasteiger partial charge in [0.05, 0.1) is 11.9 Å². The highest BCUT2D eigenvalue weighted by atomic mass is 79.9. The number of rotatable bonds is 15. The summed E-state index contributed by atoms with van der Waals surface area (Å²) in [6.45, 7) is 6.82. The molecule has 2 amide bonds. The predicted octanol–water partition coefficient (Wildman–Crippen LogP) is 6.17. The molecule has 0 saturated carbocycles. The third-order valence-electron chi connectivity index (χ3n) is 7.13. The van der Waals surface area contributed by atoms with Gasteiger partial charge in [-0.05, 0) is 67.1 Å². The lowest BCUT2D eigenvalue weighted by molar-refractivity contribution is -0.141. The lowest BCUT2D eigenvalue weighted by atomic mass is 10.0. The zero-order valence-electron chi connectivity index (χ0n) is 25.0. The average molecular weight is 657 g/mol. The van der Waals surface area contributed by atoms with Crippen LogP contribution < -0.4 is 9.62 Å². The summed E-state index contributed by atoms with van der Waals surface area (Å²) >= 11 is 3.52. The number of aryl methyl sites for hydroxylation is 2. The molecular weight excluding hydrogens is 614 g/mol. The fraction of sp³-hybridized carbons (Fsp3) is 0.394. The van der Waals surface area contributed by atoms with Crippen molar-refractivity contribution in [2.24, 2.45) is 0 Å². The van der Waals surface area contributed by atoms with Crippen LogP contribution in [0.3, 0.4) is 0 Å². The number of sulfonamides is 1. The second-order valence-corrected chi connectivity index (χ2v) is 13.6. The second-order valence-electron chi connectivity index (χ2n) is 10.7. The molecule has 42 heavy (non-hydrogen) atoms. The Morgan fingerprint density at radius 1 is 0.929 bits per heavy atom. The highest BCUT2D eigenvalue weighted by molar-refractivity contribution is 9.10. The van der Waals surface area contributed by atoms with E-state index < -0.39 is 16.1 Å². The van der Waals surface area contributed by atoms with Crippen LogP contribution in [0.2, 0.25) is 0 Å². The quantitative estimate of drug-likeness (QED) is 0.199. The number of carbonyl (C=O) groups is 2. The standard InChI is InChI=1S/C33H42BrN3O4S/c1-5-6-19-35-33(39)31(23-27-12-8-7-9-13-27)36(24-28-14-10-15-29(34)22-28)32(38)16-11-20-37(42(4,40)41)30-21-25(2)17-18-26(30)3/h7-10,12-15,17-18,21-22,31H,5-6,11,16,19-20,23-24H2,1-4H3,(H,35,39)/t31-/m0/s1. The molecular formula is C33H42BrN3O4S. The van der Waals surface area contributed by atoms with Gasteiger partial charge in [0.2, 0.25) is 21.8 Å². The maximum absolute atomic E-state index is 14.0. The first-order valence-corrected chi connectivity index (χ1v) is 17.0. The van der Waals surface area contributed by atoms with Crippen molar-refractivity contribution in [1.82, 2.24) is 10.2 Å². The zero-order valence-corrected chi connectivity index (χ0v) is 27.4. The van der Waals surface area contributed by atoms with E-state index in [-0.39, 0.29) is 31.3 Å². The van der Waals surface area contributed by atoms with Gasteiger partial charge in [-0.3, -0.25) is 13.9 Å². The maximum Gasteiger partial charge on any atom is 0.243 e. The van der Waals surface area contributed by atoms with Crippen LogP contribution in [-0.2, 0) is 32.6 Å². The first-order valence-electron chi connectivity index (χ1n) is 14.4. The van der Waals surface area contributed by atoms with Gasteiger partial charge in [-0.2, -0.15) is 0 Å². The van der Waals surface area contributed by atoms with Crippen LogP contribution >= 0.6 is 15.9 Å². The molecule has 0 aromatic heterocycles. The number of carbonyl (C=O) groups excluding carboxylic acids is 2. The van der Waals surface area contributed by atoms with E-state index >= 15 is 0 Å². The van der Waals surface area contributed by atoms with E-state index in [1.165, 1.54) is 10.6 Å². The first-order chi connectivity index (χ1) is 20.0. The van der Waals surface area contributed by atoms with Crippen LogP contribution in [0.4, 0.5) is 5.69 Å². The smallest absolute Gasteiger partial charge is 0.243 e.